The summed E-state index contributed by atoms with van der Waals surface area (Å²) in [7, 11) is 0. The van der Waals surface area contributed by atoms with Gasteiger partial charge in [-0.25, -0.2) is 4.79 Å². The fourth-order valence-electron chi connectivity index (χ4n) is 1.60. The molecular formula is C10H10BrNO2S. The number of hydrogen-bond donors (Lipinski definition) is 1. The number of fused-ring (bicyclic) bond motifs is 1. The zero-order valence-corrected chi connectivity index (χ0v) is 10.3. The minimum absolute atomic E-state index is 0.198. The molecule has 1 atom stereocenters. The van der Waals surface area contributed by atoms with Crippen LogP contribution in [-0.4, -0.2) is 11.8 Å². The van der Waals surface area contributed by atoms with Crippen LogP contribution in [0.2, 0.25) is 0 Å². The number of nitrogens with two attached hydrogens (primary N) is 1. The molecule has 0 spiro atoms. The van der Waals surface area contributed by atoms with Crippen LogP contribution in [0.1, 0.15) is 18.1 Å². The third-order valence-electron chi connectivity index (χ3n) is 2.21. The van der Waals surface area contributed by atoms with E-state index in [1.54, 1.807) is 11.8 Å². The Balaban J connectivity index is 2.32. The van der Waals surface area contributed by atoms with Gasteiger partial charge in [-0.15, -0.1) is 11.8 Å². The van der Waals surface area contributed by atoms with Crippen LogP contribution in [0.5, 0.6) is 0 Å². The predicted molar refractivity (Wildman–Crippen MR) is 62.9 cm³/mol. The van der Waals surface area contributed by atoms with Gasteiger partial charge in [-0.1, -0.05) is 15.9 Å². The highest BCUT2D eigenvalue weighted by atomic mass is 79.9. The van der Waals surface area contributed by atoms with Gasteiger partial charge >= 0.3 is 6.09 Å². The van der Waals surface area contributed by atoms with Crippen LogP contribution < -0.4 is 5.73 Å². The molecule has 3 nitrogen and oxygen atoms in total. The molecule has 2 N–H and O–H groups in total. The molecule has 0 bridgehead atoms. The maximum absolute atomic E-state index is 10.7. The van der Waals surface area contributed by atoms with Crippen LogP contribution in [0, 0.1) is 0 Å². The molecule has 0 aliphatic carbocycles. The largest absolute Gasteiger partial charge is 0.441 e. The summed E-state index contributed by atoms with van der Waals surface area (Å²) in [6.07, 6.45) is -0.0917. The molecule has 1 aromatic rings. The fourth-order valence-corrected chi connectivity index (χ4v) is 3.05. The van der Waals surface area contributed by atoms with Gasteiger partial charge < -0.3 is 10.5 Å². The van der Waals surface area contributed by atoms with Crippen molar-refractivity contribution in [1.29, 1.82) is 0 Å². The Bertz CT molecular complexity index is 397. The van der Waals surface area contributed by atoms with Crippen LogP contribution in [0.4, 0.5) is 4.79 Å². The maximum Gasteiger partial charge on any atom is 0.405 e. The molecule has 1 aliphatic heterocycles. The normalized spacial score (nSPS) is 19.4. The Hall–Kier alpha value is -0.680. The Morgan fingerprint density at radius 2 is 2.40 bits per heavy atom. The summed E-state index contributed by atoms with van der Waals surface area (Å²) in [5.41, 5.74) is 6.08. The first-order chi connectivity index (χ1) is 7.16. The van der Waals surface area contributed by atoms with E-state index in [-0.39, 0.29) is 6.10 Å². The summed E-state index contributed by atoms with van der Waals surface area (Å²) in [6.45, 7) is 0. The second-order valence-corrected chi connectivity index (χ2v) is 5.30. The zero-order valence-electron chi connectivity index (χ0n) is 7.90. The van der Waals surface area contributed by atoms with E-state index in [1.807, 2.05) is 18.2 Å². The number of benzene rings is 1. The van der Waals surface area contributed by atoms with Crippen molar-refractivity contribution in [3.05, 3.63) is 28.2 Å². The van der Waals surface area contributed by atoms with Gasteiger partial charge in [0.15, 0.2) is 0 Å². The summed E-state index contributed by atoms with van der Waals surface area (Å²) in [4.78, 5) is 11.9. The number of carbonyl (C=O) groups excluding carboxylic acids is 1. The number of rotatable bonds is 1. The Labute approximate surface area is 100 Å². The van der Waals surface area contributed by atoms with Gasteiger partial charge in [-0.2, -0.15) is 0 Å². The summed E-state index contributed by atoms with van der Waals surface area (Å²) in [5, 5.41) is 0. The average Bonchev–Trinajstić information content (AvgIpc) is 2.18. The SMILES string of the molecule is NC(=O)OC1CCSc2ccc(Br)cc21. The van der Waals surface area contributed by atoms with E-state index in [2.05, 4.69) is 15.9 Å². The number of carbonyl (C=O) groups is 1. The molecule has 1 aliphatic rings. The van der Waals surface area contributed by atoms with E-state index in [0.29, 0.717) is 0 Å². The van der Waals surface area contributed by atoms with Crippen molar-refractivity contribution in [3.63, 3.8) is 0 Å². The second kappa shape index (κ2) is 4.45. The number of amides is 1. The standard InChI is InChI=1S/C10H10BrNO2S/c11-6-1-2-9-7(5-6)8(3-4-15-9)14-10(12)13/h1-2,5,8H,3-4H2,(H2,12,13). The quantitative estimate of drug-likeness (QED) is 0.864. The topological polar surface area (TPSA) is 52.3 Å². The molecule has 1 heterocycles. The highest BCUT2D eigenvalue weighted by molar-refractivity contribution is 9.10. The third-order valence-corrected chi connectivity index (χ3v) is 3.83. The van der Waals surface area contributed by atoms with Crippen LogP contribution in [0.3, 0.4) is 0 Å². The minimum Gasteiger partial charge on any atom is -0.441 e. The number of hydrogen-bond acceptors (Lipinski definition) is 3. The second-order valence-electron chi connectivity index (χ2n) is 3.24. The molecule has 0 radical (unpaired) electrons. The van der Waals surface area contributed by atoms with Gasteiger partial charge in [0.2, 0.25) is 0 Å². The molecule has 15 heavy (non-hydrogen) atoms. The van der Waals surface area contributed by atoms with Crippen LogP contribution in [-0.2, 0) is 4.74 Å². The van der Waals surface area contributed by atoms with E-state index in [4.69, 9.17) is 10.5 Å². The highest BCUT2D eigenvalue weighted by Gasteiger charge is 2.23. The molecule has 0 saturated carbocycles. The van der Waals surface area contributed by atoms with Crippen molar-refractivity contribution >= 4 is 33.8 Å². The first kappa shape index (κ1) is 10.8. The molecule has 1 unspecified atom stereocenters. The van der Waals surface area contributed by atoms with Gasteiger partial charge in [-0.05, 0) is 24.6 Å². The van der Waals surface area contributed by atoms with Gasteiger partial charge in [-0.3, -0.25) is 0 Å². The minimum atomic E-state index is -0.710. The van der Waals surface area contributed by atoms with Gasteiger partial charge in [0.1, 0.15) is 6.10 Å². The van der Waals surface area contributed by atoms with Gasteiger partial charge in [0.25, 0.3) is 0 Å². The monoisotopic (exact) mass is 287 g/mol. The van der Waals surface area contributed by atoms with Crippen LogP contribution in [0.15, 0.2) is 27.6 Å². The van der Waals surface area contributed by atoms with Crippen molar-refractivity contribution in [2.24, 2.45) is 5.73 Å². The Morgan fingerprint density at radius 1 is 1.60 bits per heavy atom. The van der Waals surface area contributed by atoms with Crippen molar-refractivity contribution in [3.8, 4) is 0 Å². The molecule has 2 rings (SSSR count). The first-order valence-electron chi connectivity index (χ1n) is 4.55. The smallest absolute Gasteiger partial charge is 0.405 e. The third kappa shape index (κ3) is 2.46. The lowest BCUT2D eigenvalue weighted by molar-refractivity contribution is 0.102. The summed E-state index contributed by atoms with van der Waals surface area (Å²) >= 11 is 5.18. The van der Waals surface area contributed by atoms with Crippen LogP contribution >= 0.6 is 27.7 Å². The van der Waals surface area contributed by atoms with Crippen molar-refractivity contribution < 1.29 is 9.53 Å². The zero-order chi connectivity index (χ0) is 10.8. The summed E-state index contributed by atoms with van der Waals surface area (Å²) in [5.74, 6) is 0.951. The number of ether oxygens (including phenoxy) is 1. The number of thioether (sulfide) groups is 1. The lowest BCUT2D eigenvalue weighted by atomic mass is 10.1. The Morgan fingerprint density at radius 3 is 3.13 bits per heavy atom. The molecule has 1 aromatic carbocycles. The van der Waals surface area contributed by atoms with Gasteiger partial charge in [0.05, 0.1) is 0 Å². The molecule has 0 saturated heterocycles. The molecule has 1 amide bonds. The molecule has 80 valence electrons. The van der Waals surface area contributed by atoms with E-state index < -0.39 is 6.09 Å². The van der Waals surface area contributed by atoms with Crippen molar-refractivity contribution in [2.75, 3.05) is 5.75 Å². The highest BCUT2D eigenvalue weighted by Crippen LogP contribution is 2.39. The summed E-state index contributed by atoms with van der Waals surface area (Å²) < 4.78 is 6.07. The lowest BCUT2D eigenvalue weighted by Gasteiger charge is -2.24. The molecule has 0 fully saturated rings. The lowest BCUT2D eigenvalue weighted by Crippen LogP contribution is -2.20. The molecule has 5 heteroatoms. The van der Waals surface area contributed by atoms with Crippen LogP contribution in [0.25, 0.3) is 0 Å². The predicted octanol–water partition coefficient (Wildman–Crippen LogP) is 3.08. The maximum atomic E-state index is 10.7. The van der Waals surface area contributed by atoms with Crippen molar-refractivity contribution in [1.82, 2.24) is 0 Å². The van der Waals surface area contributed by atoms with Gasteiger partial charge in [0, 0.05) is 20.7 Å². The average molecular weight is 288 g/mol. The Kier molecular flexibility index (Phi) is 3.21. The fraction of sp³-hybridized carbons (Fsp3) is 0.300. The number of halogens is 1. The molecule has 0 aromatic heterocycles. The number of primary amides is 1. The van der Waals surface area contributed by atoms with E-state index >= 15 is 0 Å². The van der Waals surface area contributed by atoms with Crippen molar-refractivity contribution in [2.45, 2.75) is 17.4 Å². The summed E-state index contributed by atoms with van der Waals surface area (Å²) in [6, 6.07) is 5.99. The van der Waals surface area contributed by atoms with E-state index in [9.17, 15) is 4.79 Å². The van der Waals surface area contributed by atoms with E-state index in [0.717, 1.165) is 27.1 Å². The van der Waals surface area contributed by atoms with E-state index in [1.165, 1.54) is 0 Å². The first-order valence-corrected chi connectivity index (χ1v) is 6.33. The molecular weight excluding hydrogens is 278 g/mol.